The molecule has 0 saturated heterocycles. The van der Waals surface area contributed by atoms with E-state index in [1.165, 1.54) is 33.2 Å². The topological polar surface area (TPSA) is 48.5 Å². The van der Waals surface area contributed by atoms with Gasteiger partial charge in [0.05, 0.1) is 22.4 Å². The highest BCUT2D eigenvalue weighted by Gasteiger charge is 2.25. The van der Waals surface area contributed by atoms with E-state index in [-0.39, 0.29) is 0 Å². The number of allylic oxidation sites excluding steroid dienone is 2. The van der Waals surface area contributed by atoms with Crippen molar-refractivity contribution in [3.8, 4) is 69.0 Å². The Morgan fingerprint density at radius 1 is 0.614 bits per heavy atom. The molecule has 1 aliphatic rings. The summed E-state index contributed by atoms with van der Waals surface area (Å²) in [5.41, 5.74) is 14.4. The van der Waals surface area contributed by atoms with Gasteiger partial charge in [-0.3, -0.25) is 0 Å². The Labute approximate surface area is 332 Å². The van der Waals surface area contributed by atoms with Gasteiger partial charge in [-0.25, -0.2) is 15.0 Å². The first kappa shape index (κ1) is 34.0. The quantitative estimate of drug-likeness (QED) is 0.153. The van der Waals surface area contributed by atoms with Gasteiger partial charge in [0.2, 0.25) is 0 Å². The van der Waals surface area contributed by atoms with Crippen LogP contribution in [0.5, 0.6) is 0 Å². The standard InChI is InChI=1S/C52H37N5/c1-3-4-28-44-35(2)40-33-32-38(34-48(40)56(44)39-23-12-7-13-24-39)41-27-18-31-47-49(41)42-25-14-16-29-45(42)57(47)46-30-17-15-26-43(46)52-54-50(36-19-8-5-9-20-36)53-51(55-52)37-21-10-6-11-22-37/h1,4-13,15-24,26-34H,14,25H2,2H3/b28-4-. The van der Waals surface area contributed by atoms with Crippen LogP contribution in [0, 0.1) is 19.3 Å². The average molecular weight is 732 g/mol. The second kappa shape index (κ2) is 14.3. The molecule has 0 aliphatic heterocycles. The van der Waals surface area contributed by atoms with Crippen LogP contribution in [0.3, 0.4) is 0 Å². The monoisotopic (exact) mass is 731 g/mol. The van der Waals surface area contributed by atoms with E-state index < -0.39 is 0 Å². The molecule has 5 nitrogen and oxygen atoms in total. The number of para-hydroxylation sites is 2. The van der Waals surface area contributed by atoms with Crippen molar-refractivity contribution in [3.63, 3.8) is 0 Å². The smallest absolute Gasteiger partial charge is 0.166 e. The van der Waals surface area contributed by atoms with E-state index in [2.05, 4.69) is 125 Å². The molecule has 0 N–H and O–H groups in total. The SMILES string of the molecule is C#C/C=C\c1c(C)c2ccc(-c3cccc4c3c3c(n4-c4ccccc4-c4nc(-c5ccccc5)nc(-c5ccccc5)n4)C=CCC3)cc2n1-c1ccccc1. The first-order chi connectivity index (χ1) is 28.2. The molecule has 0 amide bonds. The van der Waals surface area contributed by atoms with Gasteiger partial charge in [0.1, 0.15) is 0 Å². The van der Waals surface area contributed by atoms with Crippen LogP contribution in [0.25, 0.3) is 90.6 Å². The summed E-state index contributed by atoms with van der Waals surface area (Å²) < 4.78 is 4.73. The zero-order valence-electron chi connectivity index (χ0n) is 31.5. The average Bonchev–Trinajstić information content (AvgIpc) is 3.77. The van der Waals surface area contributed by atoms with Gasteiger partial charge in [-0.05, 0) is 96.6 Å². The van der Waals surface area contributed by atoms with Crippen LogP contribution in [-0.4, -0.2) is 24.1 Å². The number of terminal acetylenes is 1. The Morgan fingerprint density at radius 3 is 1.98 bits per heavy atom. The zero-order chi connectivity index (χ0) is 38.3. The third-order valence-electron chi connectivity index (χ3n) is 11.0. The van der Waals surface area contributed by atoms with Gasteiger partial charge < -0.3 is 9.13 Å². The van der Waals surface area contributed by atoms with Crippen molar-refractivity contribution in [2.75, 3.05) is 0 Å². The molecule has 0 saturated carbocycles. The van der Waals surface area contributed by atoms with Crippen LogP contribution in [0.1, 0.15) is 28.9 Å². The fourth-order valence-electron chi connectivity index (χ4n) is 8.39. The lowest BCUT2D eigenvalue weighted by Gasteiger charge is -2.16. The van der Waals surface area contributed by atoms with Crippen molar-refractivity contribution in [2.45, 2.75) is 19.8 Å². The number of aromatic nitrogens is 5. The number of aryl methyl sites for hydroxylation is 2. The first-order valence-electron chi connectivity index (χ1n) is 19.3. The number of nitrogens with zero attached hydrogens (tertiary/aromatic N) is 5. The lowest BCUT2D eigenvalue weighted by Crippen LogP contribution is -2.05. The molecule has 9 aromatic rings. The summed E-state index contributed by atoms with van der Waals surface area (Å²) in [6.45, 7) is 2.18. The minimum Gasteiger partial charge on any atom is -0.310 e. The predicted molar refractivity (Wildman–Crippen MR) is 235 cm³/mol. The Morgan fingerprint density at radius 2 is 1.26 bits per heavy atom. The molecular weight excluding hydrogens is 695 g/mol. The molecule has 6 aromatic carbocycles. The first-order valence-corrected chi connectivity index (χ1v) is 19.3. The molecule has 3 heterocycles. The highest BCUT2D eigenvalue weighted by Crippen LogP contribution is 2.43. The Balaban J connectivity index is 1.20. The van der Waals surface area contributed by atoms with Gasteiger partial charge in [-0.15, -0.1) is 6.42 Å². The fourth-order valence-corrected chi connectivity index (χ4v) is 8.39. The summed E-state index contributed by atoms with van der Waals surface area (Å²) in [5.74, 6) is 4.59. The molecule has 3 aromatic heterocycles. The van der Waals surface area contributed by atoms with Gasteiger partial charge in [0, 0.05) is 38.8 Å². The number of benzene rings is 6. The maximum absolute atomic E-state index is 5.70. The lowest BCUT2D eigenvalue weighted by atomic mass is 9.94. The molecule has 0 fully saturated rings. The summed E-state index contributed by atoms with van der Waals surface area (Å²) in [5, 5.41) is 2.46. The molecule has 0 spiro atoms. The van der Waals surface area contributed by atoms with E-state index >= 15 is 0 Å². The van der Waals surface area contributed by atoms with Gasteiger partial charge in [-0.2, -0.15) is 0 Å². The van der Waals surface area contributed by atoms with Crippen LogP contribution in [0.15, 0.2) is 164 Å². The predicted octanol–water partition coefficient (Wildman–Crippen LogP) is 12.3. The van der Waals surface area contributed by atoms with Crippen LogP contribution < -0.4 is 0 Å². The molecule has 5 heteroatoms. The number of rotatable bonds is 7. The van der Waals surface area contributed by atoms with Crippen molar-refractivity contribution in [2.24, 2.45) is 0 Å². The molecule has 270 valence electrons. The van der Waals surface area contributed by atoms with Crippen molar-refractivity contribution < 1.29 is 0 Å². The minimum atomic E-state index is 0.627. The van der Waals surface area contributed by atoms with E-state index in [9.17, 15) is 0 Å². The summed E-state index contributed by atoms with van der Waals surface area (Å²) in [7, 11) is 0. The molecule has 1 aliphatic carbocycles. The lowest BCUT2D eigenvalue weighted by molar-refractivity contribution is 0.966. The number of fused-ring (bicyclic) bond motifs is 4. The van der Waals surface area contributed by atoms with Gasteiger partial charge in [0.25, 0.3) is 0 Å². The highest BCUT2D eigenvalue weighted by molar-refractivity contribution is 6.04. The second-order valence-corrected chi connectivity index (χ2v) is 14.3. The third kappa shape index (κ3) is 5.87. The Bertz CT molecular complexity index is 3010. The number of hydrogen-bond acceptors (Lipinski definition) is 3. The maximum Gasteiger partial charge on any atom is 0.166 e. The van der Waals surface area contributed by atoms with Gasteiger partial charge in [0.15, 0.2) is 17.5 Å². The van der Waals surface area contributed by atoms with E-state index in [1.807, 2.05) is 66.7 Å². The van der Waals surface area contributed by atoms with E-state index in [0.717, 1.165) is 63.2 Å². The Kier molecular flexibility index (Phi) is 8.50. The zero-order valence-corrected chi connectivity index (χ0v) is 31.5. The maximum atomic E-state index is 5.70. The van der Waals surface area contributed by atoms with Gasteiger partial charge >= 0.3 is 0 Å². The highest BCUT2D eigenvalue weighted by atomic mass is 15.1. The largest absolute Gasteiger partial charge is 0.310 e. The van der Waals surface area contributed by atoms with Gasteiger partial charge in [-0.1, -0.05) is 127 Å². The normalized spacial score (nSPS) is 12.4. The molecule has 57 heavy (non-hydrogen) atoms. The van der Waals surface area contributed by atoms with Crippen LogP contribution in [0.2, 0.25) is 0 Å². The summed E-state index contributed by atoms with van der Waals surface area (Å²) >= 11 is 0. The molecular formula is C52H37N5. The fraction of sp³-hybridized carbons (Fsp3) is 0.0577. The summed E-state index contributed by atoms with van der Waals surface area (Å²) in [6, 6.07) is 52.9. The molecule has 0 bridgehead atoms. The van der Waals surface area contributed by atoms with Crippen molar-refractivity contribution in [1.82, 2.24) is 24.1 Å². The number of hydrogen-bond donors (Lipinski definition) is 0. The molecule has 0 atom stereocenters. The summed E-state index contributed by atoms with van der Waals surface area (Å²) in [4.78, 5) is 15.3. The molecule has 0 unspecified atom stereocenters. The summed E-state index contributed by atoms with van der Waals surface area (Å²) in [6.07, 6.45) is 16.0. The van der Waals surface area contributed by atoms with E-state index in [1.54, 1.807) is 6.08 Å². The van der Waals surface area contributed by atoms with Crippen LogP contribution >= 0.6 is 0 Å². The second-order valence-electron chi connectivity index (χ2n) is 14.3. The minimum absolute atomic E-state index is 0.627. The third-order valence-corrected chi connectivity index (χ3v) is 11.0. The Hall–Kier alpha value is -7.55. The molecule has 10 rings (SSSR count). The molecule has 0 radical (unpaired) electrons. The van der Waals surface area contributed by atoms with Crippen molar-refractivity contribution >= 4 is 34.0 Å². The van der Waals surface area contributed by atoms with Crippen LogP contribution in [0.4, 0.5) is 0 Å². The van der Waals surface area contributed by atoms with E-state index in [4.69, 9.17) is 21.4 Å². The van der Waals surface area contributed by atoms with Crippen molar-refractivity contribution in [3.05, 3.63) is 186 Å². The van der Waals surface area contributed by atoms with Crippen molar-refractivity contribution in [1.29, 1.82) is 0 Å². The van der Waals surface area contributed by atoms with Crippen LogP contribution in [-0.2, 0) is 6.42 Å². The van der Waals surface area contributed by atoms with E-state index in [0.29, 0.717) is 17.5 Å².